The molecule has 0 aliphatic rings. The normalized spacial score (nSPS) is 9.31. The van der Waals surface area contributed by atoms with Gasteiger partial charge in [-0.2, -0.15) is 0 Å². The van der Waals surface area contributed by atoms with Crippen molar-refractivity contribution >= 4 is 17.5 Å². The predicted molar refractivity (Wildman–Crippen MR) is 63.5 cm³/mol. The van der Waals surface area contributed by atoms with Crippen molar-refractivity contribution in [1.82, 2.24) is 5.32 Å². The highest BCUT2D eigenvalue weighted by molar-refractivity contribution is 6.32. The highest BCUT2D eigenvalue weighted by Crippen LogP contribution is 2.24. The molecule has 0 saturated carbocycles. The number of benzene rings is 1. The van der Waals surface area contributed by atoms with Gasteiger partial charge in [-0.05, 0) is 24.6 Å². The van der Waals surface area contributed by atoms with Gasteiger partial charge in [0.05, 0.1) is 11.6 Å². The van der Waals surface area contributed by atoms with Gasteiger partial charge in [0, 0.05) is 0 Å². The van der Waals surface area contributed by atoms with Crippen molar-refractivity contribution in [3.8, 4) is 18.1 Å². The Morgan fingerprint density at radius 1 is 1.62 bits per heavy atom. The molecule has 1 N–H and O–H groups in total. The number of halogens is 1. The van der Waals surface area contributed by atoms with E-state index >= 15 is 0 Å². The first-order valence-electron chi connectivity index (χ1n) is 4.72. The molecule has 0 unspecified atom stereocenters. The van der Waals surface area contributed by atoms with Crippen molar-refractivity contribution < 1.29 is 9.53 Å². The quantitative estimate of drug-likeness (QED) is 0.811. The molecule has 4 heteroatoms. The van der Waals surface area contributed by atoms with E-state index in [-0.39, 0.29) is 19.1 Å². The van der Waals surface area contributed by atoms with Gasteiger partial charge in [-0.25, -0.2) is 0 Å². The molecule has 0 saturated heterocycles. The summed E-state index contributed by atoms with van der Waals surface area (Å²) < 4.78 is 5.26. The Balaban J connectivity index is 2.51. The van der Waals surface area contributed by atoms with E-state index < -0.39 is 0 Å². The van der Waals surface area contributed by atoms with E-state index in [1.807, 2.05) is 13.0 Å². The molecular weight excluding hydrogens is 226 g/mol. The van der Waals surface area contributed by atoms with E-state index in [4.69, 9.17) is 22.8 Å². The number of carbonyl (C=O) groups excluding carboxylic acids is 1. The van der Waals surface area contributed by atoms with Crippen molar-refractivity contribution in [1.29, 1.82) is 0 Å². The van der Waals surface area contributed by atoms with Crippen LogP contribution in [-0.2, 0) is 4.79 Å². The number of hydrogen-bond acceptors (Lipinski definition) is 2. The summed E-state index contributed by atoms with van der Waals surface area (Å²) in [6.45, 7) is 2.02. The molecule has 1 rings (SSSR count). The van der Waals surface area contributed by atoms with Crippen LogP contribution >= 0.6 is 11.6 Å². The molecule has 0 bridgehead atoms. The van der Waals surface area contributed by atoms with Gasteiger partial charge in [0.1, 0.15) is 5.75 Å². The van der Waals surface area contributed by atoms with Gasteiger partial charge in [0.2, 0.25) is 0 Å². The molecular formula is C12H12ClNO2. The first-order valence-corrected chi connectivity index (χ1v) is 5.10. The summed E-state index contributed by atoms with van der Waals surface area (Å²) in [6, 6.07) is 5.37. The van der Waals surface area contributed by atoms with E-state index in [9.17, 15) is 4.79 Å². The molecule has 0 spiro atoms. The minimum atomic E-state index is -0.268. The third kappa shape index (κ3) is 3.84. The summed E-state index contributed by atoms with van der Waals surface area (Å²) in [6.07, 6.45) is 5.00. The van der Waals surface area contributed by atoms with Crippen LogP contribution in [0.3, 0.4) is 0 Å². The molecule has 16 heavy (non-hydrogen) atoms. The Morgan fingerprint density at radius 3 is 3.06 bits per heavy atom. The summed E-state index contributed by atoms with van der Waals surface area (Å²) >= 11 is 5.89. The van der Waals surface area contributed by atoms with Gasteiger partial charge < -0.3 is 10.1 Å². The fourth-order valence-electron chi connectivity index (χ4n) is 1.07. The van der Waals surface area contributed by atoms with Crippen LogP contribution in [0, 0.1) is 19.3 Å². The second kappa shape index (κ2) is 6.04. The lowest BCUT2D eigenvalue weighted by molar-refractivity contribution is -0.122. The van der Waals surface area contributed by atoms with Crippen LogP contribution < -0.4 is 10.1 Å². The van der Waals surface area contributed by atoms with Crippen LogP contribution in [0.4, 0.5) is 0 Å². The smallest absolute Gasteiger partial charge is 0.258 e. The first-order chi connectivity index (χ1) is 7.63. The van der Waals surface area contributed by atoms with Crippen molar-refractivity contribution in [2.75, 3.05) is 13.2 Å². The largest absolute Gasteiger partial charge is 0.482 e. The highest BCUT2D eigenvalue weighted by atomic mass is 35.5. The van der Waals surface area contributed by atoms with E-state index in [2.05, 4.69) is 11.2 Å². The lowest BCUT2D eigenvalue weighted by Crippen LogP contribution is -2.29. The van der Waals surface area contributed by atoms with Gasteiger partial charge in [-0.1, -0.05) is 23.6 Å². The van der Waals surface area contributed by atoms with E-state index in [1.54, 1.807) is 12.1 Å². The maximum atomic E-state index is 11.2. The minimum Gasteiger partial charge on any atom is -0.482 e. The van der Waals surface area contributed by atoms with Crippen LogP contribution in [0.1, 0.15) is 5.56 Å². The number of aryl methyl sites for hydroxylation is 1. The van der Waals surface area contributed by atoms with Crippen molar-refractivity contribution in [2.45, 2.75) is 6.92 Å². The van der Waals surface area contributed by atoms with Crippen LogP contribution in [0.5, 0.6) is 5.75 Å². The molecule has 1 aromatic rings. The lowest BCUT2D eigenvalue weighted by Gasteiger charge is -2.08. The van der Waals surface area contributed by atoms with Crippen LogP contribution in [0.2, 0.25) is 5.02 Å². The Bertz CT molecular complexity index is 424. The number of carbonyl (C=O) groups is 1. The Hall–Kier alpha value is -1.66. The lowest BCUT2D eigenvalue weighted by atomic mass is 10.2. The van der Waals surface area contributed by atoms with Crippen molar-refractivity contribution in [3.63, 3.8) is 0 Å². The fraction of sp³-hybridized carbons (Fsp3) is 0.250. The van der Waals surface area contributed by atoms with E-state index in [0.717, 1.165) is 5.56 Å². The average molecular weight is 238 g/mol. The van der Waals surface area contributed by atoms with E-state index in [0.29, 0.717) is 10.8 Å². The number of hydrogen-bond donors (Lipinski definition) is 1. The molecule has 0 heterocycles. The fourth-order valence-corrected chi connectivity index (χ4v) is 1.24. The number of terminal acetylenes is 1. The number of nitrogens with one attached hydrogen (secondary N) is 1. The zero-order chi connectivity index (χ0) is 12.0. The molecule has 3 nitrogen and oxygen atoms in total. The summed E-state index contributed by atoms with van der Waals surface area (Å²) in [7, 11) is 0. The minimum absolute atomic E-state index is 0.0924. The molecule has 0 atom stereocenters. The Kier molecular flexibility index (Phi) is 4.68. The second-order valence-corrected chi connectivity index (χ2v) is 3.61. The summed E-state index contributed by atoms with van der Waals surface area (Å²) in [5, 5.41) is 2.98. The molecule has 0 aliphatic heterocycles. The Labute approximate surface area is 99.7 Å². The summed E-state index contributed by atoms with van der Waals surface area (Å²) in [5.74, 6) is 2.53. The standard InChI is InChI=1S/C12H12ClNO2/c1-3-6-14-12(15)8-16-11-7-9(2)4-5-10(11)13/h1,4-5,7H,6,8H2,2H3,(H,14,15). The molecule has 0 aliphatic carbocycles. The average Bonchev–Trinajstić information content (AvgIpc) is 2.27. The van der Waals surface area contributed by atoms with Gasteiger partial charge in [0.15, 0.2) is 6.61 Å². The third-order valence-electron chi connectivity index (χ3n) is 1.83. The molecule has 0 aromatic heterocycles. The zero-order valence-corrected chi connectivity index (χ0v) is 9.67. The second-order valence-electron chi connectivity index (χ2n) is 3.20. The van der Waals surface area contributed by atoms with Gasteiger partial charge >= 0.3 is 0 Å². The van der Waals surface area contributed by atoms with Crippen molar-refractivity contribution in [3.05, 3.63) is 28.8 Å². The van der Waals surface area contributed by atoms with Crippen LogP contribution in [0.15, 0.2) is 18.2 Å². The van der Waals surface area contributed by atoms with Crippen LogP contribution in [-0.4, -0.2) is 19.1 Å². The SMILES string of the molecule is C#CCNC(=O)COc1cc(C)ccc1Cl. The monoisotopic (exact) mass is 237 g/mol. The van der Waals surface area contributed by atoms with Gasteiger partial charge in [0.25, 0.3) is 5.91 Å². The number of ether oxygens (including phenoxy) is 1. The van der Waals surface area contributed by atoms with E-state index in [1.165, 1.54) is 0 Å². The van der Waals surface area contributed by atoms with Crippen LogP contribution in [0.25, 0.3) is 0 Å². The third-order valence-corrected chi connectivity index (χ3v) is 2.15. The first kappa shape index (κ1) is 12.4. The molecule has 0 radical (unpaired) electrons. The molecule has 0 fully saturated rings. The molecule has 84 valence electrons. The maximum absolute atomic E-state index is 11.2. The topological polar surface area (TPSA) is 38.3 Å². The van der Waals surface area contributed by atoms with Gasteiger partial charge in [-0.3, -0.25) is 4.79 Å². The molecule has 1 aromatic carbocycles. The maximum Gasteiger partial charge on any atom is 0.258 e. The summed E-state index contributed by atoms with van der Waals surface area (Å²) in [5.41, 5.74) is 1.02. The van der Waals surface area contributed by atoms with Gasteiger partial charge in [-0.15, -0.1) is 6.42 Å². The number of amides is 1. The zero-order valence-electron chi connectivity index (χ0n) is 8.92. The number of rotatable bonds is 4. The Morgan fingerprint density at radius 2 is 2.38 bits per heavy atom. The molecule has 1 amide bonds. The highest BCUT2D eigenvalue weighted by Gasteiger charge is 2.05. The summed E-state index contributed by atoms with van der Waals surface area (Å²) in [4.78, 5) is 11.2. The van der Waals surface area contributed by atoms with Crippen molar-refractivity contribution in [2.24, 2.45) is 0 Å². The predicted octanol–water partition coefficient (Wildman–Crippen LogP) is 1.78.